The van der Waals surface area contributed by atoms with Gasteiger partial charge < -0.3 is 9.88 Å². The Hall–Kier alpha value is -1.68. The Labute approximate surface area is 125 Å². The smallest absolute Gasteiger partial charge is 0.147 e. The number of fused-ring (bicyclic) bond motifs is 1. The van der Waals surface area contributed by atoms with E-state index in [0.29, 0.717) is 12.2 Å². The second kappa shape index (κ2) is 5.60. The summed E-state index contributed by atoms with van der Waals surface area (Å²) in [4.78, 5) is 17.5. The molecule has 4 heteroatoms. The Morgan fingerprint density at radius 3 is 2.90 bits per heavy atom. The Kier molecular flexibility index (Phi) is 3.81. The SMILES string of the molecule is CCC1(C(=O)Cc2nc3ccccc3n2C)CCCNC1. The fourth-order valence-corrected chi connectivity index (χ4v) is 3.39. The summed E-state index contributed by atoms with van der Waals surface area (Å²) in [6, 6.07) is 8.04. The summed E-state index contributed by atoms with van der Waals surface area (Å²) in [6.45, 7) is 3.97. The van der Waals surface area contributed by atoms with Gasteiger partial charge in [-0.15, -0.1) is 0 Å². The molecule has 1 N–H and O–H groups in total. The van der Waals surface area contributed by atoms with Crippen LogP contribution in [0, 0.1) is 5.41 Å². The molecule has 3 rings (SSSR count). The van der Waals surface area contributed by atoms with Crippen LogP contribution in [-0.2, 0) is 18.3 Å². The molecule has 1 fully saturated rings. The van der Waals surface area contributed by atoms with Crippen LogP contribution in [0.1, 0.15) is 32.0 Å². The summed E-state index contributed by atoms with van der Waals surface area (Å²) < 4.78 is 2.05. The second-order valence-corrected chi connectivity index (χ2v) is 6.09. The summed E-state index contributed by atoms with van der Waals surface area (Å²) in [5, 5.41) is 3.39. The standard InChI is InChI=1S/C17H23N3O/c1-3-17(9-6-10-18-12-17)15(21)11-16-19-13-7-4-5-8-14(13)20(16)2/h4-5,7-8,18H,3,6,9-12H2,1-2H3. The first kappa shape index (κ1) is 14.3. The average Bonchev–Trinajstić information content (AvgIpc) is 2.84. The predicted molar refractivity (Wildman–Crippen MR) is 84.3 cm³/mol. The van der Waals surface area contributed by atoms with Crippen LogP contribution in [0.5, 0.6) is 0 Å². The number of Topliss-reactive ketones (excluding diaryl/α,β-unsaturated/α-hetero) is 1. The number of hydrogen-bond acceptors (Lipinski definition) is 3. The van der Waals surface area contributed by atoms with E-state index >= 15 is 0 Å². The van der Waals surface area contributed by atoms with Gasteiger partial charge in [0.05, 0.1) is 17.5 Å². The highest BCUT2D eigenvalue weighted by atomic mass is 16.1. The number of aromatic nitrogens is 2. The number of aryl methyl sites for hydroxylation is 1. The molecule has 0 radical (unpaired) electrons. The third-order valence-corrected chi connectivity index (χ3v) is 4.94. The zero-order valence-corrected chi connectivity index (χ0v) is 12.9. The van der Waals surface area contributed by atoms with Gasteiger partial charge in [0.25, 0.3) is 0 Å². The van der Waals surface area contributed by atoms with Crippen LogP contribution in [0.2, 0.25) is 0 Å². The lowest BCUT2D eigenvalue weighted by Gasteiger charge is -2.35. The zero-order chi connectivity index (χ0) is 14.9. The van der Waals surface area contributed by atoms with E-state index in [0.717, 1.165) is 49.2 Å². The molecular formula is C17H23N3O. The number of benzene rings is 1. The van der Waals surface area contributed by atoms with E-state index in [1.807, 2.05) is 35.9 Å². The molecule has 1 saturated heterocycles. The Morgan fingerprint density at radius 2 is 2.24 bits per heavy atom. The maximum absolute atomic E-state index is 12.9. The van der Waals surface area contributed by atoms with Crippen molar-refractivity contribution in [2.75, 3.05) is 13.1 Å². The van der Waals surface area contributed by atoms with Gasteiger partial charge in [0, 0.05) is 19.0 Å². The number of para-hydroxylation sites is 2. The molecule has 1 aromatic heterocycles. The molecule has 1 unspecified atom stereocenters. The van der Waals surface area contributed by atoms with Crippen LogP contribution in [-0.4, -0.2) is 28.4 Å². The third-order valence-electron chi connectivity index (χ3n) is 4.94. The Bertz CT molecular complexity index is 653. The van der Waals surface area contributed by atoms with E-state index in [-0.39, 0.29) is 5.41 Å². The number of ketones is 1. The Balaban J connectivity index is 1.87. The fraction of sp³-hybridized carbons (Fsp3) is 0.529. The minimum Gasteiger partial charge on any atom is -0.331 e. The van der Waals surface area contributed by atoms with E-state index in [4.69, 9.17) is 0 Å². The third kappa shape index (κ3) is 2.48. The van der Waals surface area contributed by atoms with Crippen LogP contribution in [0.25, 0.3) is 11.0 Å². The molecule has 1 atom stereocenters. The summed E-state index contributed by atoms with van der Waals surface area (Å²) in [5.74, 6) is 1.20. The molecular weight excluding hydrogens is 262 g/mol. The molecule has 0 aliphatic carbocycles. The topological polar surface area (TPSA) is 46.9 Å². The van der Waals surface area contributed by atoms with Crippen molar-refractivity contribution in [3.8, 4) is 0 Å². The van der Waals surface area contributed by atoms with Crippen molar-refractivity contribution >= 4 is 16.8 Å². The lowest BCUT2D eigenvalue weighted by molar-refractivity contribution is -0.129. The summed E-state index contributed by atoms with van der Waals surface area (Å²) in [5.41, 5.74) is 1.86. The molecule has 2 aromatic rings. The average molecular weight is 285 g/mol. The highest BCUT2D eigenvalue weighted by Crippen LogP contribution is 2.32. The zero-order valence-electron chi connectivity index (χ0n) is 12.9. The minimum absolute atomic E-state index is 0.198. The fourth-order valence-electron chi connectivity index (χ4n) is 3.39. The van der Waals surface area contributed by atoms with Crippen molar-refractivity contribution in [3.63, 3.8) is 0 Å². The van der Waals surface area contributed by atoms with Gasteiger partial charge in [0.15, 0.2) is 0 Å². The first-order valence-electron chi connectivity index (χ1n) is 7.81. The number of nitrogens with zero attached hydrogens (tertiary/aromatic N) is 2. The van der Waals surface area contributed by atoms with Crippen molar-refractivity contribution in [2.45, 2.75) is 32.6 Å². The molecule has 0 bridgehead atoms. The van der Waals surface area contributed by atoms with Gasteiger partial charge >= 0.3 is 0 Å². The lowest BCUT2D eigenvalue weighted by atomic mass is 9.74. The predicted octanol–water partition coefficient (Wildman–Crippen LogP) is 2.46. The van der Waals surface area contributed by atoms with Gasteiger partial charge in [-0.05, 0) is 37.9 Å². The van der Waals surface area contributed by atoms with Crippen LogP contribution in [0.4, 0.5) is 0 Å². The summed E-state index contributed by atoms with van der Waals surface area (Å²) in [6.07, 6.45) is 3.42. The molecule has 1 aliphatic heterocycles. The van der Waals surface area contributed by atoms with Gasteiger partial charge in [0.1, 0.15) is 11.6 Å². The number of carbonyl (C=O) groups is 1. The van der Waals surface area contributed by atoms with Gasteiger partial charge in [0.2, 0.25) is 0 Å². The molecule has 1 aromatic carbocycles. The monoisotopic (exact) mass is 285 g/mol. The number of carbonyl (C=O) groups excluding carboxylic acids is 1. The normalized spacial score (nSPS) is 22.6. The van der Waals surface area contributed by atoms with Gasteiger partial charge in [-0.2, -0.15) is 0 Å². The molecule has 4 nitrogen and oxygen atoms in total. The van der Waals surface area contributed by atoms with Crippen molar-refractivity contribution in [2.24, 2.45) is 12.5 Å². The summed E-state index contributed by atoms with van der Waals surface area (Å²) >= 11 is 0. The molecule has 21 heavy (non-hydrogen) atoms. The number of piperidine rings is 1. The number of nitrogens with one attached hydrogen (secondary N) is 1. The second-order valence-electron chi connectivity index (χ2n) is 6.09. The van der Waals surface area contributed by atoms with Crippen molar-refractivity contribution in [1.29, 1.82) is 0 Å². The molecule has 0 spiro atoms. The number of imidazole rings is 1. The lowest BCUT2D eigenvalue weighted by Crippen LogP contribution is -2.46. The van der Waals surface area contributed by atoms with E-state index in [9.17, 15) is 4.79 Å². The Morgan fingerprint density at radius 1 is 1.43 bits per heavy atom. The van der Waals surface area contributed by atoms with E-state index in [2.05, 4.69) is 17.2 Å². The van der Waals surface area contributed by atoms with E-state index in [1.165, 1.54) is 0 Å². The first-order chi connectivity index (χ1) is 10.2. The van der Waals surface area contributed by atoms with Crippen molar-refractivity contribution < 1.29 is 4.79 Å². The van der Waals surface area contributed by atoms with Crippen LogP contribution in [0.3, 0.4) is 0 Å². The van der Waals surface area contributed by atoms with Crippen molar-refractivity contribution in [1.82, 2.24) is 14.9 Å². The maximum atomic E-state index is 12.9. The van der Waals surface area contributed by atoms with Crippen LogP contribution >= 0.6 is 0 Å². The molecule has 112 valence electrons. The largest absolute Gasteiger partial charge is 0.331 e. The van der Waals surface area contributed by atoms with Crippen LogP contribution < -0.4 is 5.32 Å². The van der Waals surface area contributed by atoms with Crippen LogP contribution in [0.15, 0.2) is 24.3 Å². The quantitative estimate of drug-likeness (QED) is 0.938. The highest BCUT2D eigenvalue weighted by Gasteiger charge is 2.37. The maximum Gasteiger partial charge on any atom is 0.147 e. The van der Waals surface area contributed by atoms with Gasteiger partial charge in [-0.3, -0.25) is 4.79 Å². The van der Waals surface area contributed by atoms with Gasteiger partial charge in [-0.25, -0.2) is 4.98 Å². The number of hydrogen-bond donors (Lipinski definition) is 1. The molecule has 0 saturated carbocycles. The number of rotatable bonds is 4. The molecule has 1 aliphatic rings. The van der Waals surface area contributed by atoms with Crippen molar-refractivity contribution in [3.05, 3.63) is 30.1 Å². The highest BCUT2D eigenvalue weighted by molar-refractivity contribution is 5.87. The summed E-state index contributed by atoms with van der Waals surface area (Å²) in [7, 11) is 2.00. The molecule has 0 amide bonds. The van der Waals surface area contributed by atoms with E-state index < -0.39 is 0 Å². The minimum atomic E-state index is -0.198. The first-order valence-corrected chi connectivity index (χ1v) is 7.81. The molecule has 2 heterocycles. The van der Waals surface area contributed by atoms with Gasteiger partial charge in [-0.1, -0.05) is 19.1 Å². The van der Waals surface area contributed by atoms with E-state index in [1.54, 1.807) is 0 Å².